The van der Waals surface area contributed by atoms with Crippen LogP contribution in [0.5, 0.6) is 5.19 Å². The third-order valence-corrected chi connectivity index (χ3v) is 5.22. The van der Waals surface area contributed by atoms with E-state index >= 15 is 0 Å². The van der Waals surface area contributed by atoms with Crippen LogP contribution in [0.1, 0.15) is 12.8 Å². The summed E-state index contributed by atoms with van der Waals surface area (Å²) in [5.41, 5.74) is 1.79. The fourth-order valence-electron chi connectivity index (χ4n) is 2.94. The number of hydrogen-bond donors (Lipinski definition) is 1. The minimum Gasteiger partial charge on any atom is -0.467 e. The van der Waals surface area contributed by atoms with Crippen molar-refractivity contribution in [1.82, 2.24) is 9.88 Å². The van der Waals surface area contributed by atoms with Crippen molar-refractivity contribution in [3.05, 3.63) is 54.6 Å². The molecule has 0 spiro atoms. The standard InChI is InChI=1S/C19H19N3O2S/c23-18(20-14-6-2-1-3-7-14)22-12-10-15(11-13-22)24-19-21-16-8-4-5-9-17(16)25-19/h1-9,15H,10-13H2,(H,20,23). The maximum absolute atomic E-state index is 12.3. The second-order valence-electron chi connectivity index (χ2n) is 6.05. The topological polar surface area (TPSA) is 54.5 Å². The molecule has 0 radical (unpaired) electrons. The summed E-state index contributed by atoms with van der Waals surface area (Å²) in [6, 6.07) is 17.5. The van der Waals surface area contributed by atoms with Gasteiger partial charge in [-0.15, -0.1) is 0 Å². The molecule has 0 bridgehead atoms. The van der Waals surface area contributed by atoms with Gasteiger partial charge >= 0.3 is 6.03 Å². The van der Waals surface area contributed by atoms with E-state index in [4.69, 9.17) is 4.74 Å². The van der Waals surface area contributed by atoms with Crippen LogP contribution in [-0.4, -0.2) is 35.1 Å². The molecule has 6 heteroatoms. The lowest BCUT2D eigenvalue weighted by Crippen LogP contribution is -2.43. The number of para-hydroxylation sites is 2. The number of fused-ring (bicyclic) bond motifs is 1. The summed E-state index contributed by atoms with van der Waals surface area (Å²) in [5, 5.41) is 3.65. The summed E-state index contributed by atoms with van der Waals surface area (Å²) in [7, 11) is 0. The van der Waals surface area contributed by atoms with Gasteiger partial charge in [0.25, 0.3) is 5.19 Å². The second-order valence-corrected chi connectivity index (χ2v) is 7.04. The summed E-state index contributed by atoms with van der Waals surface area (Å²) < 4.78 is 7.17. The van der Waals surface area contributed by atoms with Crippen molar-refractivity contribution in [1.29, 1.82) is 0 Å². The van der Waals surface area contributed by atoms with Gasteiger partial charge in [-0.05, 0) is 24.3 Å². The molecule has 3 aromatic rings. The number of thiazole rings is 1. The van der Waals surface area contributed by atoms with Crippen LogP contribution >= 0.6 is 11.3 Å². The molecule has 0 atom stereocenters. The Kier molecular flexibility index (Phi) is 4.52. The van der Waals surface area contributed by atoms with Crippen molar-refractivity contribution in [2.45, 2.75) is 18.9 Å². The smallest absolute Gasteiger partial charge is 0.321 e. The minimum absolute atomic E-state index is 0.0513. The van der Waals surface area contributed by atoms with E-state index in [-0.39, 0.29) is 12.1 Å². The Labute approximate surface area is 150 Å². The van der Waals surface area contributed by atoms with Gasteiger partial charge in [0.2, 0.25) is 0 Å². The lowest BCUT2D eigenvalue weighted by Gasteiger charge is -2.31. The first kappa shape index (κ1) is 15.9. The van der Waals surface area contributed by atoms with Crippen molar-refractivity contribution in [2.24, 2.45) is 0 Å². The Morgan fingerprint density at radius 2 is 1.80 bits per heavy atom. The second kappa shape index (κ2) is 7.11. The largest absolute Gasteiger partial charge is 0.467 e. The molecule has 2 heterocycles. The van der Waals surface area contributed by atoms with E-state index in [1.54, 1.807) is 11.3 Å². The number of carbonyl (C=O) groups is 1. The summed E-state index contributed by atoms with van der Waals surface area (Å²) in [5.74, 6) is 0. The molecule has 2 amide bonds. The van der Waals surface area contributed by atoms with E-state index in [0.29, 0.717) is 18.3 Å². The molecule has 1 saturated heterocycles. The number of nitrogens with zero attached hydrogens (tertiary/aromatic N) is 2. The normalized spacial score (nSPS) is 15.3. The van der Waals surface area contributed by atoms with E-state index in [1.807, 2.05) is 53.4 Å². The summed E-state index contributed by atoms with van der Waals surface area (Å²) in [4.78, 5) is 18.7. The first-order valence-electron chi connectivity index (χ1n) is 8.41. The number of amides is 2. The van der Waals surface area contributed by atoms with Gasteiger partial charge in [-0.25, -0.2) is 9.78 Å². The Hall–Kier alpha value is -2.60. The monoisotopic (exact) mass is 353 g/mol. The zero-order valence-electron chi connectivity index (χ0n) is 13.7. The number of ether oxygens (including phenoxy) is 1. The summed E-state index contributed by atoms with van der Waals surface area (Å²) in [6.45, 7) is 1.38. The number of benzene rings is 2. The van der Waals surface area contributed by atoms with Crippen molar-refractivity contribution in [3.63, 3.8) is 0 Å². The zero-order chi connectivity index (χ0) is 17.1. The van der Waals surface area contributed by atoms with Crippen LogP contribution < -0.4 is 10.1 Å². The first-order valence-corrected chi connectivity index (χ1v) is 9.23. The molecule has 1 N–H and O–H groups in total. The number of urea groups is 1. The lowest BCUT2D eigenvalue weighted by atomic mass is 10.1. The Morgan fingerprint density at radius 1 is 1.08 bits per heavy atom. The average molecular weight is 353 g/mol. The van der Waals surface area contributed by atoms with Gasteiger partial charge < -0.3 is 15.0 Å². The molecule has 2 aromatic carbocycles. The number of piperidine rings is 1. The van der Waals surface area contributed by atoms with Crippen LogP contribution in [0.4, 0.5) is 10.5 Å². The third-order valence-electron chi connectivity index (χ3n) is 4.30. The molecule has 25 heavy (non-hydrogen) atoms. The van der Waals surface area contributed by atoms with Crippen LogP contribution in [0, 0.1) is 0 Å². The molecule has 0 saturated carbocycles. The molecular weight excluding hydrogens is 334 g/mol. The summed E-state index contributed by atoms with van der Waals surface area (Å²) in [6.07, 6.45) is 1.75. The molecule has 0 aliphatic carbocycles. The fourth-order valence-corrected chi connectivity index (χ4v) is 3.83. The van der Waals surface area contributed by atoms with Gasteiger partial charge in [0.1, 0.15) is 6.10 Å². The van der Waals surface area contributed by atoms with Crippen molar-refractivity contribution in [2.75, 3.05) is 18.4 Å². The van der Waals surface area contributed by atoms with Gasteiger partial charge in [0.05, 0.1) is 10.2 Å². The number of likely N-dealkylation sites (tertiary alicyclic amines) is 1. The average Bonchev–Trinajstić information content (AvgIpc) is 3.05. The molecule has 128 valence electrons. The van der Waals surface area contributed by atoms with Crippen molar-refractivity contribution < 1.29 is 9.53 Å². The highest BCUT2D eigenvalue weighted by atomic mass is 32.1. The predicted octanol–water partition coefficient (Wildman–Crippen LogP) is 4.37. The van der Waals surface area contributed by atoms with Crippen molar-refractivity contribution in [3.8, 4) is 5.19 Å². The highest BCUT2D eigenvalue weighted by molar-refractivity contribution is 7.20. The molecule has 5 nitrogen and oxygen atoms in total. The molecule has 1 fully saturated rings. The zero-order valence-corrected chi connectivity index (χ0v) is 14.5. The number of rotatable bonds is 3. The predicted molar refractivity (Wildman–Crippen MR) is 100 cm³/mol. The lowest BCUT2D eigenvalue weighted by molar-refractivity contribution is 0.115. The van der Waals surface area contributed by atoms with Gasteiger partial charge in [-0.1, -0.05) is 41.7 Å². The molecule has 4 rings (SSSR count). The third kappa shape index (κ3) is 3.74. The number of hydrogen-bond acceptors (Lipinski definition) is 4. The van der Waals surface area contributed by atoms with Crippen molar-refractivity contribution >= 4 is 33.3 Å². The molecule has 0 unspecified atom stereocenters. The number of nitrogens with one attached hydrogen (secondary N) is 1. The van der Waals surface area contributed by atoms with Crippen LogP contribution in [-0.2, 0) is 0 Å². The van der Waals surface area contributed by atoms with E-state index in [9.17, 15) is 4.79 Å². The quantitative estimate of drug-likeness (QED) is 0.761. The summed E-state index contributed by atoms with van der Waals surface area (Å²) >= 11 is 1.57. The number of aromatic nitrogens is 1. The maximum Gasteiger partial charge on any atom is 0.321 e. The van der Waals surface area contributed by atoms with Gasteiger partial charge in [0.15, 0.2) is 0 Å². The first-order chi connectivity index (χ1) is 12.3. The van der Waals surface area contributed by atoms with Gasteiger partial charge in [-0.2, -0.15) is 0 Å². The highest BCUT2D eigenvalue weighted by Gasteiger charge is 2.24. The maximum atomic E-state index is 12.3. The van der Waals surface area contributed by atoms with E-state index in [1.165, 1.54) is 0 Å². The molecule has 1 aliphatic rings. The number of anilines is 1. The fraction of sp³-hybridized carbons (Fsp3) is 0.263. The number of carbonyl (C=O) groups excluding carboxylic acids is 1. The van der Waals surface area contributed by atoms with E-state index in [2.05, 4.69) is 16.4 Å². The SMILES string of the molecule is O=C(Nc1ccccc1)N1CCC(Oc2nc3ccccc3s2)CC1. The molecule has 1 aliphatic heterocycles. The minimum atomic E-state index is -0.0513. The van der Waals surface area contributed by atoms with Crippen LogP contribution in [0.3, 0.4) is 0 Å². The van der Waals surface area contributed by atoms with Gasteiger partial charge in [0, 0.05) is 31.6 Å². The Bertz CT molecular complexity index is 824. The Morgan fingerprint density at radius 3 is 2.56 bits per heavy atom. The van der Waals surface area contributed by atoms with Crippen LogP contribution in [0.15, 0.2) is 54.6 Å². The Balaban J connectivity index is 1.31. The van der Waals surface area contributed by atoms with E-state index in [0.717, 1.165) is 28.7 Å². The van der Waals surface area contributed by atoms with Crippen LogP contribution in [0.2, 0.25) is 0 Å². The molecular formula is C19H19N3O2S. The highest BCUT2D eigenvalue weighted by Crippen LogP contribution is 2.29. The molecule has 1 aromatic heterocycles. The van der Waals surface area contributed by atoms with Crippen LogP contribution in [0.25, 0.3) is 10.2 Å². The van der Waals surface area contributed by atoms with E-state index < -0.39 is 0 Å². The van der Waals surface area contributed by atoms with Gasteiger partial charge in [-0.3, -0.25) is 0 Å².